The third-order valence-corrected chi connectivity index (χ3v) is 7.59. The molecule has 27 heavy (non-hydrogen) atoms. The van der Waals surface area contributed by atoms with Crippen LogP contribution >= 0.6 is 10.6 Å². The molecule has 0 aliphatic carbocycles. The fourth-order valence-electron chi connectivity index (χ4n) is 4.40. The van der Waals surface area contributed by atoms with Gasteiger partial charge in [-0.2, -0.15) is 10.6 Å². The lowest BCUT2D eigenvalue weighted by Gasteiger charge is -2.42. The van der Waals surface area contributed by atoms with Crippen molar-refractivity contribution in [3.63, 3.8) is 0 Å². The van der Waals surface area contributed by atoms with E-state index in [-0.39, 0.29) is 6.03 Å². The molecule has 3 fully saturated rings. The molecule has 3 heterocycles. The van der Waals surface area contributed by atoms with Crippen LogP contribution in [0, 0.1) is 11.8 Å². The number of nitrogens with zero attached hydrogens (tertiary/aromatic N) is 3. The van der Waals surface area contributed by atoms with Crippen molar-refractivity contribution in [3.05, 3.63) is 24.3 Å². The van der Waals surface area contributed by atoms with Crippen LogP contribution in [0.2, 0.25) is 0 Å². The van der Waals surface area contributed by atoms with Gasteiger partial charge >= 0.3 is 6.03 Å². The molecular formula is C19H29N3O4S. The Morgan fingerprint density at radius 3 is 2.19 bits per heavy atom. The number of ether oxygens (including phenoxy) is 1. The van der Waals surface area contributed by atoms with Crippen molar-refractivity contribution < 1.29 is 18.6 Å². The second-order valence-electron chi connectivity index (χ2n) is 7.74. The molecule has 4 rings (SSSR count). The van der Waals surface area contributed by atoms with Gasteiger partial charge in [0.15, 0.2) is 0 Å². The Balaban J connectivity index is 1.31. The molecule has 1 aromatic rings. The van der Waals surface area contributed by atoms with E-state index in [2.05, 4.69) is 17.0 Å². The first-order chi connectivity index (χ1) is 12.9. The Labute approximate surface area is 162 Å². The third-order valence-electron chi connectivity index (χ3n) is 5.92. The Hall–Kier alpha value is -1.64. The van der Waals surface area contributed by atoms with Crippen molar-refractivity contribution in [3.8, 4) is 5.75 Å². The van der Waals surface area contributed by atoms with Crippen molar-refractivity contribution in [1.29, 1.82) is 0 Å². The molecule has 150 valence electrons. The Morgan fingerprint density at radius 1 is 1.04 bits per heavy atom. The van der Waals surface area contributed by atoms with E-state index in [9.17, 15) is 13.9 Å². The number of benzene rings is 1. The highest BCUT2D eigenvalue weighted by atomic mass is 32.3. The van der Waals surface area contributed by atoms with Gasteiger partial charge in [-0.3, -0.25) is 9.11 Å². The van der Waals surface area contributed by atoms with E-state index in [1.807, 2.05) is 24.0 Å². The van der Waals surface area contributed by atoms with E-state index in [1.165, 1.54) is 5.69 Å². The maximum Gasteiger partial charge on any atom is 0.320 e. The van der Waals surface area contributed by atoms with Gasteiger partial charge in [-0.1, -0.05) is 0 Å². The molecule has 0 radical (unpaired) electrons. The highest BCUT2D eigenvalue weighted by molar-refractivity contribution is 8.24. The molecular weight excluding hydrogens is 366 g/mol. The normalized spacial score (nSPS) is 28.2. The van der Waals surface area contributed by atoms with Gasteiger partial charge in [0, 0.05) is 56.8 Å². The number of amides is 2. The van der Waals surface area contributed by atoms with E-state index >= 15 is 0 Å². The summed E-state index contributed by atoms with van der Waals surface area (Å²) in [7, 11) is -2.46. The van der Waals surface area contributed by atoms with Gasteiger partial charge in [0.05, 0.1) is 18.1 Å². The first-order valence-corrected chi connectivity index (χ1v) is 11.6. The lowest BCUT2D eigenvalue weighted by Crippen LogP contribution is -2.48. The SMILES string of the molecule is CCOc1ccc(N2CC3CN(C(=O)N4CCS(O)(O)CC4)CC3C2)cc1. The number of anilines is 1. The van der Waals surface area contributed by atoms with Crippen LogP contribution in [0.15, 0.2) is 24.3 Å². The molecule has 8 heteroatoms. The summed E-state index contributed by atoms with van der Waals surface area (Å²) < 4.78 is 25.0. The van der Waals surface area contributed by atoms with Gasteiger partial charge in [-0.05, 0) is 31.2 Å². The average molecular weight is 396 g/mol. The number of rotatable bonds is 3. The molecule has 2 atom stereocenters. The standard InChI is InChI=1S/C19H29N3O4S/c1-2-26-18-5-3-17(4-6-18)21-11-15-13-22(14-16(15)12-21)19(23)20-7-9-27(24,25)10-8-20/h3-6,15-16,24-25H,2,7-14H2,1H3. The molecule has 3 aliphatic heterocycles. The van der Waals surface area contributed by atoms with Gasteiger partial charge in [-0.15, -0.1) is 0 Å². The van der Waals surface area contributed by atoms with Gasteiger partial charge in [0.2, 0.25) is 0 Å². The number of hydrogen-bond acceptors (Lipinski definition) is 5. The summed E-state index contributed by atoms with van der Waals surface area (Å²) >= 11 is 0. The molecule has 7 nitrogen and oxygen atoms in total. The number of carbonyl (C=O) groups is 1. The monoisotopic (exact) mass is 395 g/mol. The zero-order valence-electron chi connectivity index (χ0n) is 15.8. The highest BCUT2D eigenvalue weighted by Gasteiger charge is 2.43. The van der Waals surface area contributed by atoms with Crippen molar-refractivity contribution in [2.75, 3.05) is 62.3 Å². The molecule has 2 amide bonds. The minimum atomic E-state index is -2.46. The summed E-state index contributed by atoms with van der Waals surface area (Å²) in [5, 5.41) is 0. The predicted octanol–water partition coefficient (Wildman–Crippen LogP) is 2.64. The number of hydrogen-bond donors (Lipinski definition) is 2. The molecule has 1 aromatic carbocycles. The highest BCUT2D eigenvalue weighted by Crippen LogP contribution is 2.41. The minimum Gasteiger partial charge on any atom is -0.494 e. The maximum absolute atomic E-state index is 12.8. The second kappa shape index (κ2) is 7.41. The predicted molar refractivity (Wildman–Crippen MR) is 108 cm³/mol. The van der Waals surface area contributed by atoms with Crippen LogP contribution in [-0.2, 0) is 0 Å². The van der Waals surface area contributed by atoms with E-state index in [4.69, 9.17) is 4.74 Å². The summed E-state index contributed by atoms with van der Waals surface area (Å²) in [6.07, 6.45) is 0. The smallest absolute Gasteiger partial charge is 0.320 e. The number of likely N-dealkylation sites (tertiary alicyclic amines) is 1. The minimum absolute atomic E-state index is 0.0620. The third kappa shape index (κ3) is 3.97. The quantitative estimate of drug-likeness (QED) is 0.823. The van der Waals surface area contributed by atoms with Crippen LogP contribution in [0.1, 0.15) is 6.92 Å². The van der Waals surface area contributed by atoms with Crippen molar-refractivity contribution in [1.82, 2.24) is 9.80 Å². The fourth-order valence-corrected chi connectivity index (χ4v) is 5.63. The van der Waals surface area contributed by atoms with Crippen LogP contribution in [0.4, 0.5) is 10.5 Å². The fraction of sp³-hybridized carbons (Fsp3) is 0.632. The summed E-state index contributed by atoms with van der Waals surface area (Å²) in [4.78, 5) is 18.9. The van der Waals surface area contributed by atoms with Crippen LogP contribution in [0.25, 0.3) is 0 Å². The van der Waals surface area contributed by atoms with E-state index < -0.39 is 10.6 Å². The molecule has 0 aromatic heterocycles. The molecule has 0 bridgehead atoms. The topological polar surface area (TPSA) is 76.5 Å². The van der Waals surface area contributed by atoms with Crippen LogP contribution in [0.3, 0.4) is 0 Å². The van der Waals surface area contributed by atoms with Gasteiger partial charge in [-0.25, -0.2) is 4.79 Å². The number of urea groups is 1. The Morgan fingerprint density at radius 2 is 1.63 bits per heavy atom. The van der Waals surface area contributed by atoms with Gasteiger partial charge in [0.1, 0.15) is 5.75 Å². The van der Waals surface area contributed by atoms with E-state index in [0.29, 0.717) is 43.0 Å². The summed E-state index contributed by atoms with van der Waals surface area (Å²) in [6, 6.07) is 8.32. The van der Waals surface area contributed by atoms with Crippen molar-refractivity contribution in [2.24, 2.45) is 11.8 Å². The average Bonchev–Trinajstić information content (AvgIpc) is 3.21. The van der Waals surface area contributed by atoms with Crippen LogP contribution in [0.5, 0.6) is 5.75 Å². The lowest BCUT2D eigenvalue weighted by molar-refractivity contribution is 0.163. The largest absolute Gasteiger partial charge is 0.494 e. The van der Waals surface area contributed by atoms with E-state index in [1.54, 1.807) is 4.90 Å². The first-order valence-electron chi connectivity index (χ1n) is 9.70. The Bertz CT molecular complexity index is 660. The summed E-state index contributed by atoms with van der Waals surface area (Å²) in [5.74, 6) is 2.53. The number of fused-ring (bicyclic) bond motifs is 1. The molecule has 3 saturated heterocycles. The van der Waals surface area contributed by atoms with E-state index in [0.717, 1.165) is 31.9 Å². The zero-order chi connectivity index (χ0) is 19.0. The second-order valence-corrected chi connectivity index (χ2v) is 10.2. The molecule has 3 aliphatic rings. The molecule has 2 N–H and O–H groups in total. The van der Waals surface area contributed by atoms with Gasteiger partial charge < -0.3 is 19.4 Å². The number of carbonyl (C=O) groups excluding carboxylic acids is 1. The lowest BCUT2D eigenvalue weighted by atomic mass is 10.0. The Kier molecular flexibility index (Phi) is 5.13. The van der Waals surface area contributed by atoms with Crippen molar-refractivity contribution >= 4 is 22.3 Å². The van der Waals surface area contributed by atoms with Gasteiger partial charge in [0.25, 0.3) is 0 Å². The van der Waals surface area contributed by atoms with Crippen molar-refractivity contribution in [2.45, 2.75) is 6.92 Å². The zero-order valence-corrected chi connectivity index (χ0v) is 16.6. The molecule has 0 saturated carbocycles. The first kappa shape index (κ1) is 18.7. The summed E-state index contributed by atoms with van der Waals surface area (Å²) in [5.41, 5.74) is 1.21. The van der Waals surface area contributed by atoms with Crippen LogP contribution < -0.4 is 9.64 Å². The van der Waals surface area contributed by atoms with Crippen LogP contribution in [-0.4, -0.2) is 82.3 Å². The molecule has 2 unspecified atom stereocenters. The maximum atomic E-state index is 12.8. The summed E-state index contributed by atoms with van der Waals surface area (Å²) in [6.45, 7) is 7.10. The molecule has 0 spiro atoms.